The lowest BCUT2D eigenvalue weighted by Gasteiger charge is -2.00. The average molecular weight is 189 g/mol. The highest BCUT2D eigenvalue weighted by Crippen LogP contribution is 2.13. The van der Waals surface area contributed by atoms with Gasteiger partial charge in [0.15, 0.2) is 5.65 Å². The number of H-pyrrole nitrogens is 1. The Bertz CT molecular complexity index is 674. The van der Waals surface area contributed by atoms with Crippen LogP contribution in [0.15, 0.2) is 23.4 Å². The molecule has 0 aliphatic heterocycles. The van der Waals surface area contributed by atoms with Crippen molar-refractivity contribution < 1.29 is 0 Å². The van der Waals surface area contributed by atoms with E-state index in [0.717, 1.165) is 11.0 Å². The Balaban J connectivity index is 2.81. The molecule has 0 bridgehead atoms. The van der Waals surface area contributed by atoms with Gasteiger partial charge >= 0.3 is 5.69 Å². The summed E-state index contributed by atoms with van der Waals surface area (Å²) in [5, 5.41) is 8.51. The van der Waals surface area contributed by atoms with Crippen LogP contribution >= 0.6 is 0 Å². The van der Waals surface area contributed by atoms with Gasteiger partial charge < -0.3 is 4.98 Å². The summed E-state index contributed by atoms with van der Waals surface area (Å²) in [6, 6.07) is 1.87. The van der Waals surface area contributed by atoms with E-state index >= 15 is 0 Å². The average Bonchev–Trinajstić information content (AvgIpc) is 2.80. The Labute approximate surface area is 77.8 Å². The minimum atomic E-state index is -0.153. The molecular weight excluding hydrogens is 182 g/mol. The van der Waals surface area contributed by atoms with Crippen LogP contribution < -0.4 is 5.69 Å². The van der Waals surface area contributed by atoms with Gasteiger partial charge in [-0.25, -0.2) is 9.20 Å². The van der Waals surface area contributed by atoms with Crippen molar-refractivity contribution in [1.29, 1.82) is 0 Å². The minimum absolute atomic E-state index is 0.153. The van der Waals surface area contributed by atoms with Gasteiger partial charge in [0.2, 0.25) is 0 Å². The van der Waals surface area contributed by atoms with Crippen LogP contribution in [0.5, 0.6) is 0 Å². The van der Waals surface area contributed by atoms with Crippen LogP contribution in [-0.4, -0.2) is 24.1 Å². The predicted octanol–water partition coefficient (Wildman–Crippen LogP) is -0.0907. The molecule has 0 fully saturated rings. The third-order valence-corrected chi connectivity index (χ3v) is 2.34. The topological polar surface area (TPSA) is 68.0 Å². The molecule has 0 aromatic carbocycles. The van der Waals surface area contributed by atoms with Gasteiger partial charge in [-0.05, 0) is 6.07 Å². The number of hydrogen-bond acceptors (Lipinski definition) is 3. The molecule has 3 aromatic heterocycles. The second-order valence-corrected chi connectivity index (χ2v) is 3.11. The SMILES string of the molecule is Cn1c(=O)n2cnnc2c2cc[nH]c21. The first kappa shape index (κ1) is 7.31. The molecule has 70 valence electrons. The summed E-state index contributed by atoms with van der Waals surface area (Å²) in [6.07, 6.45) is 3.20. The van der Waals surface area contributed by atoms with Crippen LogP contribution in [0.25, 0.3) is 16.7 Å². The monoisotopic (exact) mass is 189 g/mol. The second-order valence-electron chi connectivity index (χ2n) is 3.11. The Morgan fingerprint density at radius 2 is 2.36 bits per heavy atom. The Kier molecular flexibility index (Phi) is 1.16. The van der Waals surface area contributed by atoms with Crippen molar-refractivity contribution in [3.63, 3.8) is 0 Å². The van der Waals surface area contributed by atoms with E-state index in [-0.39, 0.29) is 5.69 Å². The van der Waals surface area contributed by atoms with E-state index in [9.17, 15) is 4.79 Å². The van der Waals surface area contributed by atoms with Crippen molar-refractivity contribution >= 4 is 16.7 Å². The van der Waals surface area contributed by atoms with Crippen molar-refractivity contribution in [2.45, 2.75) is 0 Å². The van der Waals surface area contributed by atoms with Crippen molar-refractivity contribution in [2.75, 3.05) is 0 Å². The molecule has 0 aliphatic carbocycles. The number of aryl methyl sites for hydroxylation is 1. The molecule has 3 rings (SSSR count). The van der Waals surface area contributed by atoms with Gasteiger partial charge in [0, 0.05) is 13.2 Å². The molecule has 0 unspecified atom stereocenters. The summed E-state index contributed by atoms with van der Waals surface area (Å²) in [5.41, 5.74) is 1.19. The fourth-order valence-electron chi connectivity index (χ4n) is 1.63. The fraction of sp³-hybridized carbons (Fsp3) is 0.125. The van der Waals surface area contributed by atoms with Crippen molar-refractivity contribution in [2.24, 2.45) is 7.05 Å². The van der Waals surface area contributed by atoms with Crippen molar-refractivity contribution in [3.8, 4) is 0 Å². The van der Waals surface area contributed by atoms with E-state index in [0.29, 0.717) is 5.65 Å². The zero-order valence-corrected chi connectivity index (χ0v) is 7.43. The van der Waals surface area contributed by atoms with Gasteiger partial charge in [0.25, 0.3) is 0 Å². The zero-order valence-electron chi connectivity index (χ0n) is 7.43. The lowest BCUT2D eigenvalue weighted by Crippen LogP contribution is -2.23. The molecule has 0 spiro atoms. The van der Waals surface area contributed by atoms with E-state index < -0.39 is 0 Å². The molecule has 14 heavy (non-hydrogen) atoms. The highest BCUT2D eigenvalue weighted by molar-refractivity contribution is 5.89. The predicted molar refractivity (Wildman–Crippen MR) is 50.1 cm³/mol. The first-order valence-corrected chi connectivity index (χ1v) is 4.15. The number of nitrogens with zero attached hydrogens (tertiary/aromatic N) is 4. The van der Waals surface area contributed by atoms with Gasteiger partial charge in [-0.15, -0.1) is 10.2 Å². The van der Waals surface area contributed by atoms with Crippen molar-refractivity contribution in [1.82, 2.24) is 24.1 Å². The van der Waals surface area contributed by atoms with Crippen molar-refractivity contribution in [3.05, 3.63) is 29.1 Å². The normalized spacial score (nSPS) is 11.5. The lowest BCUT2D eigenvalue weighted by atomic mass is 10.4. The maximum atomic E-state index is 11.7. The van der Waals surface area contributed by atoms with Gasteiger partial charge in [0.1, 0.15) is 12.0 Å². The molecule has 3 heterocycles. The smallest absolute Gasteiger partial charge is 0.336 e. The zero-order chi connectivity index (χ0) is 9.71. The summed E-state index contributed by atoms with van der Waals surface area (Å²) in [6.45, 7) is 0. The van der Waals surface area contributed by atoms with E-state index in [2.05, 4.69) is 15.2 Å². The Hall–Kier alpha value is -2.11. The van der Waals surface area contributed by atoms with Crippen LogP contribution in [0, 0.1) is 0 Å². The molecular formula is C8H7N5O. The molecule has 6 nitrogen and oxygen atoms in total. The molecule has 1 N–H and O–H groups in total. The van der Waals surface area contributed by atoms with Gasteiger partial charge in [0.05, 0.1) is 5.39 Å². The lowest BCUT2D eigenvalue weighted by molar-refractivity contribution is 0.816. The maximum absolute atomic E-state index is 11.7. The molecule has 0 radical (unpaired) electrons. The fourth-order valence-corrected chi connectivity index (χ4v) is 1.63. The number of fused-ring (bicyclic) bond motifs is 3. The van der Waals surface area contributed by atoms with E-state index in [4.69, 9.17) is 0 Å². The van der Waals surface area contributed by atoms with E-state index in [1.54, 1.807) is 13.2 Å². The molecule has 0 amide bonds. The molecule has 0 saturated heterocycles. The molecule has 0 aliphatic rings. The van der Waals surface area contributed by atoms with Crippen LogP contribution in [-0.2, 0) is 7.05 Å². The highest BCUT2D eigenvalue weighted by atomic mass is 16.1. The summed E-state index contributed by atoms with van der Waals surface area (Å²) >= 11 is 0. The van der Waals surface area contributed by atoms with Gasteiger partial charge in [-0.2, -0.15) is 0 Å². The first-order valence-electron chi connectivity index (χ1n) is 4.15. The third-order valence-electron chi connectivity index (χ3n) is 2.34. The summed E-state index contributed by atoms with van der Waals surface area (Å²) in [7, 11) is 1.71. The number of aromatic amines is 1. The van der Waals surface area contributed by atoms with Gasteiger partial charge in [-0.3, -0.25) is 4.57 Å². The summed E-state index contributed by atoms with van der Waals surface area (Å²) < 4.78 is 2.96. The quantitative estimate of drug-likeness (QED) is 0.537. The molecule has 0 saturated carbocycles. The van der Waals surface area contributed by atoms with Crippen LogP contribution in [0.3, 0.4) is 0 Å². The number of hydrogen-bond donors (Lipinski definition) is 1. The molecule has 0 atom stereocenters. The van der Waals surface area contributed by atoms with E-state index in [1.807, 2.05) is 6.07 Å². The number of nitrogens with one attached hydrogen (secondary N) is 1. The first-order chi connectivity index (χ1) is 6.79. The summed E-state index contributed by atoms with van der Waals surface area (Å²) in [4.78, 5) is 14.7. The number of rotatable bonds is 0. The van der Waals surface area contributed by atoms with Gasteiger partial charge in [-0.1, -0.05) is 0 Å². The minimum Gasteiger partial charge on any atom is -0.347 e. The standard InChI is InChI=1S/C8H7N5O/c1-12-6-5(2-3-9-6)7-11-10-4-13(7)8(12)14/h2-4,9H,1H3. The largest absolute Gasteiger partial charge is 0.347 e. The van der Waals surface area contributed by atoms with E-state index in [1.165, 1.54) is 15.3 Å². The van der Waals surface area contributed by atoms with Crippen LogP contribution in [0.1, 0.15) is 0 Å². The summed E-state index contributed by atoms with van der Waals surface area (Å²) in [5.74, 6) is 0. The van der Waals surface area contributed by atoms with Crippen LogP contribution in [0.4, 0.5) is 0 Å². The highest BCUT2D eigenvalue weighted by Gasteiger charge is 2.09. The Morgan fingerprint density at radius 3 is 3.21 bits per heavy atom. The Morgan fingerprint density at radius 1 is 1.50 bits per heavy atom. The molecule has 3 aromatic rings. The van der Waals surface area contributed by atoms with Crippen LogP contribution in [0.2, 0.25) is 0 Å². The third kappa shape index (κ3) is 0.681. The molecule has 6 heteroatoms. The second kappa shape index (κ2) is 2.22. The number of aromatic nitrogens is 5. The maximum Gasteiger partial charge on any atom is 0.336 e.